The van der Waals surface area contributed by atoms with Gasteiger partial charge in [0.2, 0.25) is 0 Å². The molecule has 0 saturated heterocycles. The largest absolute Gasteiger partial charge is 0.394 e. The van der Waals surface area contributed by atoms with Crippen molar-refractivity contribution in [2.45, 2.75) is 38.8 Å². The molecule has 4 nitrogen and oxygen atoms in total. The maximum atomic E-state index is 9.65. The molecule has 4 heteroatoms. The fraction of sp³-hybridized carbons (Fsp3) is 0.615. The Morgan fingerprint density at radius 1 is 1.41 bits per heavy atom. The number of rotatable bonds is 5. The minimum absolute atomic E-state index is 0.0723. The Morgan fingerprint density at radius 2 is 2.06 bits per heavy atom. The maximum absolute atomic E-state index is 9.65. The normalized spacial score (nSPS) is 13.5. The van der Waals surface area contributed by atoms with Crippen LogP contribution >= 0.6 is 0 Å². The molecule has 0 fully saturated rings. The van der Waals surface area contributed by atoms with Gasteiger partial charge in [-0.2, -0.15) is 0 Å². The van der Waals surface area contributed by atoms with Crippen LogP contribution in [0.3, 0.4) is 0 Å². The van der Waals surface area contributed by atoms with Crippen LogP contribution in [0, 0.1) is 0 Å². The van der Waals surface area contributed by atoms with Gasteiger partial charge in [0.25, 0.3) is 0 Å². The molecule has 0 saturated carbocycles. The van der Waals surface area contributed by atoms with Crippen LogP contribution in [-0.4, -0.2) is 34.4 Å². The number of hydrogen-bond acceptors (Lipinski definition) is 4. The number of aromatic nitrogens is 1. The lowest BCUT2D eigenvalue weighted by atomic mass is 10.0. The molecule has 0 unspecified atom stereocenters. The highest BCUT2D eigenvalue weighted by atomic mass is 16.3. The van der Waals surface area contributed by atoms with Crippen molar-refractivity contribution in [3.8, 4) is 0 Å². The number of pyridine rings is 1. The van der Waals surface area contributed by atoms with E-state index in [0.29, 0.717) is 12.1 Å². The molecular weight excluding hydrogens is 216 g/mol. The summed E-state index contributed by atoms with van der Waals surface area (Å²) in [4.78, 5) is 6.22. The smallest absolute Gasteiger partial charge is 0.0957 e. The van der Waals surface area contributed by atoms with E-state index in [1.54, 1.807) is 6.20 Å². The van der Waals surface area contributed by atoms with Gasteiger partial charge in [0.15, 0.2) is 0 Å². The topological polar surface area (TPSA) is 56.6 Å². The Kier molecular flexibility index (Phi) is 4.48. The van der Waals surface area contributed by atoms with E-state index in [9.17, 15) is 10.2 Å². The van der Waals surface area contributed by atoms with E-state index in [2.05, 4.69) is 4.98 Å². The Morgan fingerprint density at radius 3 is 2.47 bits per heavy atom. The number of anilines is 1. The van der Waals surface area contributed by atoms with Crippen molar-refractivity contribution in [1.82, 2.24) is 4.98 Å². The third-order valence-corrected chi connectivity index (χ3v) is 3.18. The van der Waals surface area contributed by atoms with E-state index in [1.807, 2.05) is 44.9 Å². The second-order valence-corrected chi connectivity index (χ2v) is 4.89. The van der Waals surface area contributed by atoms with Crippen LogP contribution in [0.1, 0.15) is 39.0 Å². The van der Waals surface area contributed by atoms with Crippen molar-refractivity contribution in [2.24, 2.45) is 0 Å². The predicted octanol–water partition coefficient (Wildman–Crippen LogP) is 1.73. The molecule has 17 heavy (non-hydrogen) atoms. The highest BCUT2D eigenvalue weighted by Crippen LogP contribution is 2.22. The SMILES string of the molecule is CC[C@@H](O)c1ccc(N(C)C(C)(C)CO)cn1. The first-order valence-corrected chi connectivity index (χ1v) is 5.91. The molecule has 2 N–H and O–H groups in total. The van der Waals surface area contributed by atoms with Crippen molar-refractivity contribution in [3.63, 3.8) is 0 Å². The molecule has 96 valence electrons. The minimum Gasteiger partial charge on any atom is -0.394 e. The molecule has 0 amide bonds. The lowest BCUT2D eigenvalue weighted by molar-refractivity contribution is 0.169. The van der Waals surface area contributed by atoms with Gasteiger partial charge >= 0.3 is 0 Å². The average Bonchev–Trinajstić information content (AvgIpc) is 2.37. The fourth-order valence-electron chi connectivity index (χ4n) is 1.46. The molecule has 0 radical (unpaired) electrons. The Bertz CT molecular complexity index is 349. The third kappa shape index (κ3) is 3.17. The molecular formula is C13H22N2O2. The van der Waals surface area contributed by atoms with Crippen molar-refractivity contribution < 1.29 is 10.2 Å². The monoisotopic (exact) mass is 238 g/mol. The summed E-state index contributed by atoms with van der Waals surface area (Å²) in [6, 6.07) is 3.74. The quantitative estimate of drug-likeness (QED) is 0.820. The van der Waals surface area contributed by atoms with Gasteiger partial charge in [-0.25, -0.2) is 0 Å². The third-order valence-electron chi connectivity index (χ3n) is 3.18. The summed E-state index contributed by atoms with van der Waals surface area (Å²) >= 11 is 0. The summed E-state index contributed by atoms with van der Waals surface area (Å²) in [7, 11) is 1.92. The lowest BCUT2D eigenvalue weighted by Crippen LogP contribution is -2.44. The molecule has 1 heterocycles. The molecule has 0 aliphatic carbocycles. The summed E-state index contributed by atoms with van der Waals surface area (Å²) in [6.45, 7) is 5.91. The summed E-state index contributed by atoms with van der Waals surface area (Å²) in [6.07, 6.45) is 1.89. The van der Waals surface area contributed by atoms with Gasteiger partial charge in [0.1, 0.15) is 0 Å². The molecule has 1 aromatic rings. The Balaban J connectivity index is 2.88. The van der Waals surface area contributed by atoms with Gasteiger partial charge in [-0.1, -0.05) is 6.92 Å². The minimum atomic E-state index is -0.500. The fourth-order valence-corrected chi connectivity index (χ4v) is 1.46. The number of aliphatic hydroxyl groups is 2. The molecule has 0 aliphatic rings. The Hall–Kier alpha value is -1.13. The van der Waals surface area contributed by atoms with Gasteiger partial charge in [-0.3, -0.25) is 4.98 Å². The van der Waals surface area contributed by atoms with E-state index in [-0.39, 0.29) is 12.1 Å². The van der Waals surface area contributed by atoms with E-state index in [0.717, 1.165) is 5.69 Å². The van der Waals surface area contributed by atoms with E-state index in [4.69, 9.17) is 0 Å². The zero-order valence-electron chi connectivity index (χ0n) is 11.0. The highest BCUT2D eigenvalue weighted by Gasteiger charge is 2.23. The van der Waals surface area contributed by atoms with Gasteiger partial charge in [-0.15, -0.1) is 0 Å². The first-order chi connectivity index (χ1) is 7.92. The van der Waals surface area contributed by atoms with Crippen LogP contribution in [0.15, 0.2) is 18.3 Å². The van der Waals surface area contributed by atoms with Crippen LogP contribution in [-0.2, 0) is 0 Å². The molecule has 1 aromatic heterocycles. The van der Waals surface area contributed by atoms with Gasteiger partial charge in [-0.05, 0) is 32.4 Å². The first kappa shape index (κ1) is 13.9. The van der Waals surface area contributed by atoms with Gasteiger partial charge in [0.05, 0.1) is 35.8 Å². The summed E-state index contributed by atoms with van der Waals surface area (Å²) < 4.78 is 0. The van der Waals surface area contributed by atoms with E-state index < -0.39 is 6.10 Å². The van der Waals surface area contributed by atoms with Crippen LogP contribution in [0.4, 0.5) is 5.69 Å². The van der Waals surface area contributed by atoms with Gasteiger partial charge in [0, 0.05) is 7.05 Å². The molecule has 0 bridgehead atoms. The predicted molar refractivity (Wildman–Crippen MR) is 69.1 cm³/mol. The molecule has 0 aliphatic heterocycles. The summed E-state index contributed by atoms with van der Waals surface area (Å²) in [5, 5.41) is 19.0. The zero-order valence-corrected chi connectivity index (χ0v) is 11.0. The number of aliphatic hydroxyl groups excluding tert-OH is 2. The zero-order chi connectivity index (χ0) is 13.1. The highest BCUT2D eigenvalue weighted by molar-refractivity contribution is 5.46. The maximum Gasteiger partial charge on any atom is 0.0957 e. The standard InChI is InChI=1S/C13H22N2O2/c1-5-12(17)11-7-6-10(8-14-11)15(4)13(2,3)9-16/h6-8,12,16-17H,5,9H2,1-4H3/t12-/m1/s1. The number of nitrogens with zero attached hydrogens (tertiary/aromatic N) is 2. The van der Waals surface area contributed by atoms with E-state index in [1.165, 1.54) is 0 Å². The number of likely N-dealkylation sites (N-methyl/N-ethyl adjacent to an activating group) is 1. The molecule has 0 aromatic carbocycles. The summed E-state index contributed by atoms with van der Waals surface area (Å²) in [5.74, 6) is 0. The Labute approximate surface area is 103 Å². The lowest BCUT2D eigenvalue weighted by Gasteiger charge is -2.35. The molecule has 0 spiro atoms. The van der Waals surface area contributed by atoms with Crippen molar-refractivity contribution in [1.29, 1.82) is 0 Å². The van der Waals surface area contributed by atoms with Crippen molar-refractivity contribution >= 4 is 5.69 Å². The molecule has 1 rings (SSSR count). The van der Waals surface area contributed by atoms with Crippen LogP contribution < -0.4 is 4.90 Å². The summed E-state index contributed by atoms with van der Waals surface area (Å²) in [5.41, 5.74) is 1.29. The van der Waals surface area contributed by atoms with Crippen LogP contribution in [0.25, 0.3) is 0 Å². The second-order valence-electron chi connectivity index (χ2n) is 4.89. The first-order valence-electron chi connectivity index (χ1n) is 5.91. The van der Waals surface area contributed by atoms with Crippen molar-refractivity contribution in [3.05, 3.63) is 24.0 Å². The van der Waals surface area contributed by atoms with Crippen LogP contribution in [0.5, 0.6) is 0 Å². The second kappa shape index (κ2) is 5.47. The van der Waals surface area contributed by atoms with E-state index >= 15 is 0 Å². The van der Waals surface area contributed by atoms with Crippen molar-refractivity contribution in [2.75, 3.05) is 18.6 Å². The van der Waals surface area contributed by atoms with Crippen LogP contribution in [0.2, 0.25) is 0 Å². The number of hydrogen-bond donors (Lipinski definition) is 2. The molecule has 1 atom stereocenters. The van der Waals surface area contributed by atoms with Gasteiger partial charge < -0.3 is 15.1 Å². The average molecular weight is 238 g/mol.